The largest absolute Gasteiger partial charge is 0.504 e. The van der Waals surface area contributed by atoms with E-state index < -0.39 is 0 Å². The van der Waals surface area contributed by atoms with Gasteiger partial charge < -0.3 is 10.2 Å². The number of hydrogen-bond donors (Lipinski definition) is 2. The second-order valence-electron chi connectivity index (χ2n) is 5.89. The van der Waals surface area contributed by atoms with Gasteiger partial charge in [-0.3, -0.25) is 0 Å². The average Bonchev–Trinajstić information content (AvgIpc) is 2.63. The number of aryl methyl sites for hydroxylation is 1. The minimum absolute atomic E-state index is 0.111. The van der Waals surface area contributed by atoms with Crippen LogP contribution in [0.5, 0.6) is 11.5 Å². The smallest absolute Gasteiger partial charge is 0.166 e. The molecule has 0 atom stereocenters. The molecule has 0 aliphatic heterocycles. The molecule has 0 saturated carbocycles. The van der Waals surface area contributed by atoms with Crippen LogP contribution in [0.15, 0.2) is 60.7 Å². The molecule has 3 aromatic carbocycles. The highest BCUT2D eigenvalue weighted by Crippen LogP contribution is 2.45. The zero-order chi connectivity index (χ0) is 16.9. The Morgan fingerprint density at radius 1 is 0.792 bits per heavy atom. The van der Waals surface area contributed by atoms with Gasteiger partial charge in [0.15, 0.2) is 11.5 Å². The molecule has 2 heteroatoms. The van der Waals surface area contributed by atoms with Crippen molar-refractivity contribution in [3.8, 4) is 33.8 Å². The van der Waals surface area contributed by atoms with Crippen molar-refractivity contribution < 1.29 is 10.2 Å². The number of phenolic OH excluding ortho intramolecular Hbond substituents is 2. The van der Waals surface area contributed by atoms with E-state index in [1.54, 1.807) is 0 Å². The van der Waals surface area contributed by atoms with Gasteiger partial charge in [-0.25, -0.2) is 0 Å². The zero-order valence-corrected chi connectivity index (χ0v) is 13.8. The summed E-state index contributed by atoms with van der Waals surface area (Å²) in [5.41, 5.74) is 4.47. The van der Waals surface area contributed by atoms with E-state index in [2.05, 4.69) is 13.0 Å². The van der Waals surface area contributed by atoms with Crippen LogP contribution in [-0.4, -0.2) is 10.2 Å². The minimum atomic E-state index is -0.181. The number of benzene rings is 3. The maximum atomic E-state index is 10.6. The monoisotopic (exact) mass is 317 g/mol. The second kappa shape index (κ2) is 7.22. The predicted octanol–water partition coefficient (Wildman–Crippen LogP) is 5.57. The van der Waals surface area contributed by atoms with Crippen LogP contribution < -0.4 is 0 Å². The summed E-state index contributed by atoms with van der Waals surface area (Å²) in [6.45, 7) is 2.14. The Kier molecular flexibility index (Phi) is 4.85. The topological polar surface area (TPSA) is 40.5 Å². The summed E-state index contributed by atoms with van der Waals surface area (Å²) < 4.78 is 0. The van der Waals surface area contributed by atoms with Crippen molar-refractivity contribution in [1.29, 1.82) is 0 Å². The molecule has 0 amide bonds. The Balaban J connectivity index is 2.31. The van der Waals surface area contributed by atoms with Crippen molar-refractivity contribution in [2.75, 3.05) is 0 Å². The van der Waals surface area contributed by atoms with E-state index >= 15 is 0 Å². The molecule has 3 rings (SSSR count). The number of aromatic hydroxyl groups is 2. The quantitative estimate of drug-likeness (QED) is 0.603. The first kappa shape index (κ1) is 16.1. The number of hydrogen-bond acceptors (Lipinski definition) is 2. The first-order valence-corrected chi connectivity index (χ1v) is 8.33. The van der Waals surface area contributed by atoms with E-state index in [1.165, 1.54) is 0 Å². The van der Waals surface area contributed by atoms with E-state index in [0.717, 1.165) is 41.5 Å². The van der Waals surface area contributed by atoms with Crippen LogP contribution in [0.3, 0.4) is 0 Å². The lowest BCUT2D eigenvalue weighted by Gasteiger charge is -2.18. The lowest BCUT2D eigenvalue weighted by molar-refractivity contribution is 0.404. The first-order valence-electron chi connectivity index (χ1n) is 8.33. The number of unbranched alkanes of at least 4 members (excludes halogenated alkanes) is 1. The molecule has 0 unspecified atom stereocenters. The molecular formula is C22H21O2. The van der Waals surface area contributed by atoms with Gasteiger partial charge in [-0.15, -0.1) is 0 Å². The van der Waals surface area contributed by atoms with Crippen molar-refractivity contribution >= 4 is 0 Å². The molecule has 0 spiro atoms. The van der Waals surface area contributed by atoms with Gasteiger partial charge >= 0.3 is 0 Å². The summed E-state index contributed by atoms with van der Waals surface area (Å²) in [5, 5.41) is 20.8. The molecule has 0 fully saturated rings. The third-order valence-corrected chi connectivity index (χ3v) is 4.19. The summed E-state index contributed by atoms with van der Waals surface area (Å²) in [6.07, 6.45) is 2.88. The van der Waals surface area contributed by atoms with Gasteiger partial charge in [-0.1, -0.05) is 74.0 Å². The van der Waals surface area contributed by atoms with Gasteiger partial charge in [0, 0.05) is 11.6 Å². The third-order valence-electron chi connectivity index (χ3n) is 4.19. The van der Waals surface area contributed by atoms with Crippen molar-refractivity contribution in [2.24, 2.45) is 0 Å². The molecule has 2 nitrogen and oxygen atoms in total. The van der Waals surface area contributed by atoms with Gasteiger partial charge in [-0.05, 0) is 35.1 Å². The Hall–Kier alpha value is -2.74. The predicted molar refractivity (Wildman–Crippen MR) is 98.1 cm³/mol. The fourth-order valence-electron chi connectivity index (χ4n) is 3.00. The van der Waals surface area contributed by atoms with E-state index in [9.17, 15) is 10.2 Å². The number of phenols is 2. The first-order chi connectivity index (χ1) is 11.7. The maximum Gasteiger partial charge on any atom is 0.166 e. The van der Waals surface area contributed by atoms with Crippen molar-refractivity contribution in [1.82, 2.24) is 0 Å². The molecule has 2 N–H and O–H groups in total. The minimum Gasteiger partial charge on any atom is -0.504 e. The highest BCUT2D eigenvalue weighted by molar-refractivity contribution is 5.91. The van der Waals surface area contributed by atoms with Gasteiger partial charge in [0.2, 0.25) is 0 Å². The molecule has 0 bridgehead atoms. The lowest BCUT2D eigenvalue weighted by atomic mass is 9.87. The van der Waals surface area contributed by atoms with Crippen LogP contribution >= 0.6 is 0 Å². The fraction of sp³-hybridized carbons (Fsp3) is 0.182. The summed E-state index contributed by atoms with van der Waals surface area (Å²) >= 11 is 0. The van der Waals surface area contributed by atoms with Crippen LogP contribution in [0.25, 0.3) is 22.3 Å². The second-order valence-corrected chi connectivity index (χ2v) is 5.89. The van der Waals surface area contributed by atoms with Gasteiger partial charge in [0.1, 0.15) is 0 Å². The van der Waals surface area contributed by atoms with E-state index in [1.807, 2.05) is 60.7 Å². The normalized spacial score (nSPS) is 10.7. The van der Waals surface area contributed by atoms with Crippen molar-refractivity contribution in [3.63, 3.8) is 0 Å². The molecule has 0 heterocycles. The Morgan fingerprint density at radius 3 is 1.88 bits per heavy atom. The molecule has 0 saturated heterocycles. The SMILES string of the molecule is CCCCc1[c]c(O)c(O)c(-c2ccccc2)c1-c1ccccc1. The van der Waals surface area contributed by atoms with Crippen LogP contribution in [0, 0.1) is 6.07 Å². The van der Waals surface area contributed by atoms with Crippen LogP contribution in [0.2, 0.25) is 0 Å². The summed E-state index contributed by atoms with van der Waals surface area (Å²) in [6, 6.07) is 22.7. The Bertz CT molecular complexity index is 808. The molecule has 24 heavy (non-hydrogen) atoms. The Labute approximate surface area is 143 Å². The van der Waals surface area contributed by atoms with Gasteiger partial charge in [-0.2, -0.15) is 0 Å². The molecule has 121 valence electrons. The zero-order valence-electron chi connectivity index (χ0n) is 13.8. The van der Waals surface area contributed by atoms with E-state index in [-0.39, 0.29) is 11.5 Å². The summed E-state index contributed by atoms with van der Waals surface area (Å²) in [7, 11) is 0. The van der Waals surface area contributed by atoms with E-state index in [4.69, 9.17) is 0 Å². The van der Waals surface area contributed by atoms with Crippen molar-refractivity contribution in [3.05, 3.63) is 72.3 Å². The van der Waals surface area contributed by atoms with Gasteiger partial charge in [0.05, 0.1) is 0 Å². The van der Waals surface area contributed by atoms with E-state index in [0.29, 0.717) is 5.56 Å². The highest BCUT2D eigenvalue weighted by Gasteiger charge is 2.20. The van der Waals surface area contributed by atoms with Crippen LogP contribution in [0.4, 0.5) is 0 Å². The lowest BCUT2D eigenvalue weighted by Crippen LogP contribution is -1.96. The Morgan fingerprint density at radius 2 is 1.33 bits per heavy atom. The third kappa shape index (κ3) is 3.13. The molecule has 0 aliphatic rings. The fourth-order valence-corrected chi connectivity index (χ4v) is 3.00. The highest BCUT2D eigenvalue weighted by atomic mass is 16.3. The maximum absolute atomic E-state index is 10.6. The molecule has 0 aliphatic carbocycles. The molecule has 0 aromatic heterocycles. The molecule has 1 radical (unpaired) electrons. The number of rotatable bonds is 5. The standard InChI is InChI=1S/C22H21O2/c1-2-3-10-18-15-19(23)22(24)21(17-13-8-5-9-14-17)20(18)16-11-6-4-7-12-16/h4-9,11-14,23-24H,2-3,10H2,1H3. The van der Waals surface area contributed by atoms with Crippen LogP contribution in [0.1, 0.15) is 25.3 Å². The average molecular weight is 317 g/mol. The van der Waals surface area contributed by atoms with Crippen LogP contribution in [-0.2, 0) is 6.42 Å². The van der Waals surface area contributed by atoms with Crippen molar-refractivity contribution in [2.45, 2.75) is 26.2 Å². The van der Waals surface area contributed by atoms with Gasteiger partial charge in [0.25, 0.3) is 0 Å². The molecule has 3 aromatic rings. The molecular weight excluding hydrogens is 296 g/mol. The summed E-state index contributed by atoms with van der Waals surface area (Å²) in [4.78, 5) is 0. The summed E-state index contributed by atoms with van der Waals surface area (Å²) in [5.74, 6) is -0.292.